The van der Waals surface area contributed by atoms with Crippen molar-refractivity contribution in [3.8, 4) is 0 Å². The largest absolute Gasteiger partial charge is 0.461 e. The first-order chi connectivity index (χ1) is 23.4. The van der Waals surface area contributed by atoms with Gasteiger partial charge in [-0.1, -0.05) is 38.1 Å². The van der Waals surface area contributed by atoms with Gasteiger partial charge in [-0.2, -0.15) is 0 Å². The zero-order valence-electron chi connectivity index (χ0n) is 31.2. The number of benzene rings is 1. The van der Waals surface area contributed by atoms with Crippen LogP contribution in [0.3, 0.4) is 0 Å². The smallest absolute Gasteiger partial charge is 0.313 e. The quantitative estimate of drug-likeness (QED) is 0.136. The Morgan fingerprint density at radius 3 is 1.24 bits per heavy atom. The number of aromatic nitrogens is 4. The van der Waals surface area contributed by atoms with Crippen LogP contribution in [0.1, 0.15) is 90.7 Å². The number of ether oxygens (including phenoxy) is 4. The van der Waals surface area contributed by atoms with E-state index < -0.39 is 58.8 Å². The third-order valence-electron chi connectivity index (χ3n) is 8.56. The molecule has 2 aromatic heterocycles. The molecule has 3 aromatic rings. The van der Waals surface area contributed by atoms with Crippen molar-refractivity contribution in [3.63, 3.8) is 0 Å². The van der Waals surface area contributed by atoms with Gasteiger partial charge in [-0.15, -0.1) is 0 Å². The Bertz CT molecular complexity index is 1460. The van der Waals surface area contributed by atoms with Gasteiger partial charge in [-0.25, -0.2) is 9.97 Å². The lowest BCUT2D eigenvalue weighted by atomic mass is 9.93. The predicted octanol–water partition coefficient (Wildman–Crippen LogP) is 5.69. The third-order valence-corrected chi connectivity index (χ3v) is 8.56. The fourth-order valence-electron chi connectivity index (χ4n) is 5.15. The maximum atomic E-state index is 13.3. The Morgan fingerprint density at radius 2 is 0.980 bits per heavy atom. The molecule has 0 radical (unpaired) electrons. The molecule has 0 aliphatic carbocycles. The zero-order chi connectivity index (χ0) is 37.2. The molecule has 4 atom stereocenters. The van der Waals surface area contributed by atoms with Gasteiger partial charge in [0.15, 0.2) is 0 Å². The molecule has 1 aromatic carbocycles. The first-order valence-electron chi connectivity index (χ1n) is 17.2. The normalized spacial score (nSPS) is 14.3. The molecule has 0 spiro atoms. The Morgan fingerprint density at radius 1 is 0.640 bits per heavy atom. The number of aryl methyl sites for hydroxylation is 2. The molecule has 50 heavy (non-hydrogen) atoms. The van der Waals surface area contributed by atoms with E-state index in [1.807, 2.05) is 37.1 Å². The monoisotopic (exact) mass is 694 g/mol. The second-order valence-corrected chi connectivity index (χ2v) is 14.8. The van der Waals surface area contributed by atoms with E-state index in [2.05, 4.69) is 9.97 Å². The number of carbonyl (C=O) groups is 4. The lowest BCUT2D eigenvalue weighted by molar-refractivity contribution is -0.170. The number of nitrogens with zero attached hydrogens (tertiary/aromatic N) is 4. The number of carbonyl (C=O) groups excluding carboxylic acids is 4. The summed E-state index contributed by atoms with van der Waals surface area (Å²) in [6.07, 6.45) is 6.74. The van der Waals surface area contributed by atoms with Crippen LogP contribution >= 0.6 is 0 Å². The Balaban J connectivity index is 1.63. The maximum absolute atomic E-state index is 13.3. The van der Waals surface area contributed by atoms with Crippen molar-refractivity contribution in [2.75, 3.05) is 0 Å². The van der Waals surface area contributed by atoms with Crippen LogP contribution < -0.4 is 0 Å². The number of esters is 4. The summed E-state index contributed by atoms with van der Waals surface area (Å²) in [5.41, 5.74) is 1.69. The van der Waals surface area contributed by atoms with Gasteiger partial charge >= 0.3 is 23.9 Å². The van der Waals surface area contributed by atoms with Crippen molar-refractivity contribution in [1.82, 2.24) is 19.1 Å². The molecular weight excluding hydrogens is 640 g/mol. The average Bonchev–Trinajstić information content (AvgIpc) is 3.65. The summed E-state index contributed by atoms with van der Waals surface area (Å²) >= 11 is 0. The minimum Gasteiger partial charge on any atom is -0.461 e. The molecule has 0 bridgehead atoms. The fourth-order valence-corrected chi connectivity index (χ4v) is 5.15. The van der Waals surface area contributed by atoms with Crippen LogP contribution in [0.15, 0.2) is 49.3 Å². The predicted molar refractivity (Wildman–Crippen MR) is 186 cm³/mol. The van der Waals surface area contributed by atoms with Crippen molar-refractivity contribution in [2.24, 2.45) is 36.8 Å². The first-order valence-corrected chi connectivity index (χ1v) is 17.2. The van der Waals surface area contributed by atoms with Crippen LogP contribution in [0.25, 0.3) is 0 Å². The molecule has 2 heterocycles. The standard InChI is InChI=1S/C38H54N4O8/c1-11-29(31(49-35(45)37(3,4)5)17-27-19-39-23-41(27)9)33(43)47-21-25-13-15-26(16-14-25)22-48-34(44)30(12-2)32(50-36(46)38(6,7)8)18-28-20-40-24-42(28)10/h13-16,19-20,23-24,29-32H,11-12,17-18,21-22H2,1-10H3/t29-,30+,31?,32?. The van der Waals surface area contributed by atoms with Gasteiger partial charge in [-0.3, -0.25) is 19.2 Å². The van der Waals surface area contributed by atoms with E-state index in [4.69, 9.17) is 18.9 Å². The third kappa shape index (κ3) is 11.3. The van der Waals surface area contributed by atoms with E-state index in [1.54, 1.807) is 90.9 Å². The summed E-state index contributed by atoms with van der Waals surface area (Å²) in [6, 6.07) is 7.21. The molecule has 2 unspecified atom stereocenters. The molecule has 0 saturated carbocycles. The lowest BCUT2D eigenvalue weighted by Crippen LogP contribution is -2.38. The molecule has 0 aliphatic rings. The van der Waals surface area contributed by atoms with Crippen LogP contribution in [0.2, 0.25) is 0 Å². The van der Waals surface area contributed by atoms with E-state index in [0.717, 1.165) is 22.5 Å². The molecule has 0 amide bonds. The van der Waals surface area contributed by atoms with Gasteiger partial charge in [0.1, 0.15) is 25.4 Å². The highest BCUT2D eigenvalue weighted by molar-refractivity contribution is 5.78. The topological polar surface area (TPSA) is 141 Å². The summed E-state index contributed by atoms with van der Waals surface area (Å²) in [5.74, 6) is -3.06. The second-order valence-electron chi connectivity index (χ2n) is 14.8. The van der Waals surface area contributed by atoms with Crippen LogP contribution in [-0.2, 0) is 78.3 Å². The zero-order valence-corrected chi connectivity index (χ0v) is 31.2. The fraction of sp³-hybridized carbons (Fsp3) is 0.579. The van der Waals surface area contributed by atoms with Crippen molar-refractivity contribution in [1.29, 1.82) is 0 Å². The van der Waals surface area contributed by atoms with Gasteiger partial charge in [-0.05, 0) is 65.5 Å². The van der Waals surface area contributed by atoms with Gasteiger partial charge < -0.3 is 28.1 Å². The van der Waals surface area contributed by atoms with E-state index in [-0.39, 0.29) is 13.2 Å². The molecule has 0 aliphatic heterocycles. The van der Waals surface area contributed by atoms with Gasteiger partial charge in [0.25, 0.3) is 0 Å². The number of hydrogen-bond donors (Lipinski definition) is 0. The minimum atomic E-state index is -0.735. The van der Waals surface area contributed by atoms with E-state index in [1.165, 1.54) is 0 Å². The van der Waals surface area contributed by atoms with Gasteiger partial charge in [0.2, 0.25) is 0 Å². The molecule has 3 rings (SSSR count). The van der Waals surface area contributed by atoms with Crippen molar-refractivity contribution >= 4 is 23.9 Å². The number of hydrogen-bond acceptors (Lipinski definition) is 10. The van der Waals surface area contributed by atoms with Gasteiger partial charge in [0, 0.05) is 50.7 Å². The molecule has 12 nitrogen and oxygen atoms in total. The number of rotatable bonds is 16. The van der Waals surface area contributed by atoms with E-state index in [9.17, 15) is 19.2 Å². The molecule has 0 saturated heterocycles. The highest BCUT2D eigenvalue weighted by Gasteiger charge is 2.37. The van der Waals surface area contributed by atoms with Gasteiger partial charge in [0.05, 0.1) is 35.3 Å². The Hall–Kier alpha value is -4.48. The van der Waals surface area contributed by atoms with Crippen molar-refractivity contribution < 1.29 is 38.1 Å². The summed E-state index contributed by atoms with van der Waals surface area (Å²) in [4.78, 5) is 60.6. The Kier molecular flexibility index (Phi) is 13.9. The number of imidazole rings is 2. The average molecular weight is 695 g/mol. The van der Waals surface area contributed by atoms with Crippen molar-refractivity contribution in [2.45, 2.75) is 106 Å². The SMILES string of the molecule is CC[C@H](C(=O)OCc1ccc(COC(=O)[C@H](CC)C(Cc2cncn2C)OC(=O)C(C)(C)C)cc1)C(Cc1cncn1C)OC(=O)C(C)(C)C. The Labute approximate surface area is 295 Å². The molecule has 12 heteroatoms. The maximum Gasteiger partial charge on any atom is 0.313 e. The van der Waals surface area contributed by atoms with Crippen molar-refractivity contribution in [3.05, 3.63) is 71.8 Å². The molecule has 274 valence electrons. The summed E-state index contributed by atoms with van der Waals surface area (Å²) < 4.78 is 26.9. The molecular formula is C38H54N4O8. The summed E-state index contributed by atoms with van der Waals surface area (Å²) in [6.45, 7) is 14.4. The highest BCUT2D eigenvalue weighted by atomic mass is 16.6. The van der Waals surface area contributed by atoms with Crippen LogP contribution in [0.4, 0.5) is 0 Å². The minimum absolute atomic E-state index is 0.0216. The molecule has 0 N–H and O–H groups in total. The summed E-state index contributed by atoms with van der Waals surface area (Å²) in [5, 5.41) is 0. The highest BCUT2D eigenvalue weighted by Crippen LogP contribution is 2.26. The van der Waals surface area contributed by atoms with Crippen LogP contribution in [0, 0.1) is 22.7 Å². The lowest BCUT2D eigenvalue weighted by Gasteiger charge is -2.28. The first kappa shape index (κ1) is 40.0. The molecule has 0 fully saturated rings. The second kappa shape index (κ2) is 17.4. The summed E-state index contributed by atoms with van der Waals surface area (Å²) in [7, 11) is 3.70. The van der Waals surface area contributed by atoms with E-state index >= 15 is 0 Å². The van der Waals surface area contributed by atoms with Crippen LogP contribution in [0.5, 0.6) is 0 Å². The van der Waals surface area contributed by atoms with E-state index in [0.29, 0.717) is 25.7 Å². The van der Waals surface area contributed by atoms with Crippen LogP contribution in [-0.4, -0.2) is 55.2 Å².